The summed E-state index contributed by atoms with van der Waals surface area (Å²) in [5, 5.41) is 2.67. The van der Waals surface area contributed by atoms with Crippen LogP contribution in [0.2, 0.25) is 0 Å². The average Bonchev–Trinajstić information content (AvgIpc) is 3.01. The molecule has 0 spiro atoms. The van der Waals surface area contributed by atoms with Gasteiger partial charge >= 0.3 is 19.4 Å². The molecule has 1 amide bonds. The van der Waals surface area contributed by atoms with Gasteiger partial charge in [-0.2, -0.15) is 13.2 Å². The third kappa shape index (κ3) is 6.58. The summed E-state index contributed by atoms with van der Waals surface area (Å²) in [6.45, 7) is 7.62. The van der Waals surface area contributed by atoms with Gasteiger partial charge in [-0.1, -0.05) is 42.5 Å². The molecule has 35 heavy (non-hydrogen) atoms. The molecule has 188 valence electrons. The fourth-order valence-electron chi connectivity index (χ4n) is 3.39. The lowest BCUT2D eigenvalue weighted by Gasteiger charge is -2.32. The second-order valence-electron chi connectivity index (χ2n) is 9.18. The van der Waals surface area contributed by atoms with Crippen molar-refractivity contribution in [3.05, 3.63) is 70.7 Å². The Morgan fingerprint density at radius 3 is 2.26 bits per heavy atom. The molecule has 10 heteroatoms. The fourth-order valence-corrected chi connectivity index (χ4v) is 3.39. The number of benzene rings is 2. The van der Waals surface area contributed by atoms with Gasteiger partial charge < -0.3 is 24.1 Å². The second kappa shape index (κ2) is 10.3. The normalized spacial score (nSPS) is 17.3. The van der Waals surface area contributed by atoms with Crippen molar-refractivity contribution >= 4 is 19.3 Å². The number of halogens is 3. The maximum absolute atomic E-state index is 13.3. The summed E-state index contributed by atoms with van der Waals surface area (Å²) < 4.78 is 62.2. The minimum absolute atomic E-state index is 0.00616. The Hall–Kier alpha value is -2.98. The van der Waals surface area contributed by atoms with Crippen LogP contribution in [0.4, 0.5) is 18.0 Å². The van der Waals surface area contributed by atoms with E-state index in [0.29, 0.717) is 11.0 Å². The molecule has 1 heterocycles. The van der Waals surface area contributed by atoms with Crippen LogP contribution in [0, 0.1) is 0 Å². The molecule has 6 nitrogen and oxygen atoms in total. The number of rotatable bonds is 7. The van der Waals surface area contributed by atoms with Crippen molar-refractivity contribution in [1.29, 1.82) is 0 Å². The number of methoxy groups -OCH3 is 1. The first kappa shape index (κ1) is 26.6. The number of nitrogens with one attached hydrogen (secondary N) is 1. The highest BCUT2D eigenvalue weighted by atomic mass is 19.4. The number of carbonyl (C=O) groups is 1. The van der Waals surface area contributed by atoms with E-state index in [2.05, 4.69) is 5.32 Å². The van der Waals surface area contributed by atoms with Crippen molar-refractivity contribution in [2.75, 3.05) is 13.7 Å². The molecule has 1 fully saturated rings. The standard InChI is InChI=1S/C25H29BF3NO5/c1-23(2)24(3,4)35-26(34-23)19(15-30-22(31)33-16-17-9-7-6-8-10-17)13-18-11-12-20(25(27,28)29)21(14-18)32-5/h6-14H,15-16H2,1-5H3,(H,30,31). The lowest BCUT2D eigenvalue weighted by atomic mass is 9.77. The van der Waals surface area contributed by atoms with Crippen molar-refractivity contribution in [2.24, 2.45) is 0 Å². The first-order chi connectivity index (χ1) is 16.3. The lowest BCUT2D eigenvalue weighted by molar-refractivity contribution is -0.138. The largest absolute Gasteiger partial charge is 0.496 e. The van der Waals surface area contributed by atoms with E-state index in [9.17, 15) is 18.0 Å². The van der Waals surface area contributed by atoms with Crippen LogP contribution in [0.5, 0.6) is 5.75 Å². The lowest BCUT2D eigenvalue weighted by Crippen LogP contribution is -2.41. The first-order valence-electron chi connectivity index (χ1n) is 11.1. The molecule has 2 aromatic carbocycles. The third-order valence-electron chi connectivity index (χ3n) is 6.09. The minimum atomic E-state index is -4.55. The monoisotopic (exact) mass is 491 g/mol. The highest BCUT2D eigenvalue weighted by molar-refractivity contribution is 6.56. The SMILES string of the molecule is COc1cc(C=C(CNC(=O)OCc2ccccc2)B2OC(C)(C)C(C)(C)O2)ccc1C(F)(F)F. The van der Waals surface area contributed by atoms with Gasteiger partial charge in [0.25, 0.3) is 0 Å². The van der Waals surface area contributed by atoms with Crippen molar-refractivity contribution in [3.63, 3.8) is 0 Å². The quantitative estimate of drug-likeness (QED) is 0.507. The van der Waals surface area contributed by atoms with Crippen molar-refractivity contribution in [1.82, 2.24) is 5.32 Å². The van der Waals surface area contributed by atoms with Gasteiger partial charge in [0.05, 0.1) is 23.9 Å². The molecule has 0 aromatic heterocycles. The zero-order valence-electron chi connectivity index (χ0n) is 20.4. The van der Waals surface area contributed by atoms with E-state index in [0.717, 1.165) is 11.6 Å². The number of hydrogen-bond acceptors (Lipinski definition) is 5. The van der Waals surface area contributed by atoms with E-state index in [4.69, 9.17) is 18.8 Å². The first-order valence-corrected chi connectivity index (χ1v) is 11.1. The molecule has 0 aliphatic carbocycles. The summed E-state index contributed by atoms with van der Waals surface area (Å²) in [4.78, 5) is 12.3. The van der Waals surface area contributed by atoms with Crippen LogP contribution >= 0.6 is 0 Å². The van der Waals surface area contributed by atoms with Crippen LogP contribution in [0.25, 0.3) is 6.08 Å². The highest BCUT2D eigenvalue weighted by Crippen LogP contribution is 2.40. The fraction of sp³-hybridized carbons (Fsp3) is 0.400. The molecular formula is C25H29BF3NO5. The minimum Gasteiger partial charge on any atom is -0.496 e. The summed E-state index contributed by atoms with van der Waals surface area (Å²) >= 11 is 0. The summed E-state index contributed by atoms with van der Waals surface area (Å²) in [6.07, 6.45) is -3.59. The van der Waals surface area contributed by atoms with Crippen LogP contribution in [0.3, 0.4) is 0 Å². The van der Waals surface area contributed by atoms with E-state index in [1.165, 1.54) is 19.2 Å². The maximum Gasteiger partial charge on any atom is 0.492 e. The average molecular weight is 491 g/mol. The highest BCUT2D eigenvalue weighted by Gasteiger charge is 2.52. The van der Waals surface area contributed by atoms with Crippen LogP contribution < -0.4 is 10.1 Å². The number of alkyl carbamates (subject to hydrolysis) is 1. The Morgan fingerprint density at radius 2 is 1.69 bits per heavy atom. The van der Waals surface area contributed by atoms with Gasteiger partial charge in [0.1, 0.15) is 12.4 Å². The molecule has 0 unspecified atom stereocenters. The predicted octanol–water partition coefficient (Wildman–Crippen LogP) is 5.66. The Kier molecular flexibility index (Phi) is 7.86. The van der Waals surface area contributed by atoms with E-state index in [1.54, 1.807) is 6.08 Å². The molecule has 0 bridgehead atoms. The molecule has 1 saturated heterocycles. The van der Waals surface area contributed by atoms with E-state index in [-0.39, 0.29) is 18.9 Å². The summed E-state index contributed by atoms with van der Waals surface area (Å²) in [7, 11) is 0.347. The zero-order chi connectivity index (χ0) is 25.9. The Morgan fingerprint density at radius 1 is 1.06 bits per heavy atom. The van der Waals surface area contributed by atoms with Crippen LogP contribution in [0.15, 0.2) is 54.0 Å². The molecule has 1 N–H and O–H groups in total. The van der Waals surface area contributed by atoms with E-state index >= 15 is 0 Å². The maximum atomic E-state index is 13.3. The van der Waals surface area contributed by atoms with Gasteiger partial charge in [0, 0.05) is 6.54 Å². The topological polar surface area (TPSA) is 66.0 Å². The zero-order valence-corrected chi connectivity index (χ0v) is 20.4. The van der Waals surface area contributed by atoms with Gasteiger partial charge in [-0.25, -0.2) is 4.79 Å². The van der Waals surface area contributed by atoms with Crippen LogP contribution in [-0.4, -0.2) is 38.1 Å². The Bertz CT molecular complexity index is 1050. The summed E-state index contributed by atoms with van der Waals surface area (Å²) in [5.74, 6) is -0.310. The summed E-state index contributed by atoms with van der Waals surface area (Å²) in [6, 6.07) is 12.8. The predicted molar refractivity (Wildman–Crippen MR) is 127 cm³/mol. The van der Waals surface area contributed by atoms with E-state index in [1.807, 2.05) is 58.0 Å². The smallest absolute Gasteiger partial charge is 0.492 e. The van der Waals surface area contributed by atoms with Gasteiger partial charge in [0.15, 0.2) is 0 Å². The second-order valence-corrected chi connectivity index (χ2v) is 9.18. The molecular weight excluding hydrogens is 462 g/mol. The van der Waals surface area contributed by atoms with Crippen LogP contribution in [0.1, 0.15) is 44.4 Å². The van der Waals surface area contributed by atoms with Gasteiger partial charge in [0.2, 0.25) is 0 Å². The Balaban J connectivity index is 1.82. The van der Waals surface area contributed by atoms with Crippen molar-refractivity contribution < 1.29 is 36.7 Å². The number of alkyl halides is 3. The molecule has 0 atom stereocenters. The van der Waals surface area contributed by atoms with Gasteiger partial charge in [-0.05, 0) is 56.4 Å². The Labute approximate surface area is 203 Å². The molecule has 1 aliphatic rings. The number of hydrogen-bond donors (Lipinski definition) is 1. The number of amides is 1. The third-order valence-corrected chi connectivity index (χ3v) is 6.09. The van der Waals surface area contributed by atoms with Gasteiger partial charge in [-0.3, -0.25) is 0 Å². The van der Waals surface area contributed by atoms with Crippen LogP contribution in [-0.2, 0) is 26.8 Å². The number of carbonyl (C=O) groups excluding carboxylic acids is 1. The molecule has 0 saturated carbocycles. The number of ether oxygens (including phenoxy) is 2. The van der Waals surface area contributed by atoms with Crippen molar-refractivity contribution in [3.8, 4) is 5.75 Å². The summed E-state index contributed by atoms with van der Waals surface area (Å²) in [5.41, 5.74) is -0.413. The van der Waals surface area contributed by atoms with Crippen molar-refractivity contribution in [2.45, 2.75) is 51.7 Å². The molecule has 0 radical (unpaired) electrons. The molecule has 2 aromatic rings. The van der Waals surface area contributed by atoms with Gasteiger partial charge in [-0.15, -0.1) is 0 Å². The molecule has 1 aliphatic heterocycles. The van der Waals surface area contributed by atoms with E-state index < -0.39 is 36.2 Å². The molecule has 3 rings (SSSR count).